The quantitative estimate of drug-likeness (QED) is 0.522. The number of nitrogens with one attached hydrogen (secondary N) is 2. The minimum Gasteiger partial charge on any atom is -0.368 e. The van der Waals surface area contributed by atoms with Crippen molar-refractivity contribution in [2.24, 2.45) is 5.73 Å². The maximum Gasteiger partial charge on any atom is 0.324 e. The van der Waals surface area contributed by atoms with Crippen LogP contribution in [-0.4, -0.2) is 52.9 Å². The van der Waals surface area contributed by atoms with Gasteiger partial charge in [-0.1, -0.05) is 38.5 Å². The van der Waals surface area contributed by atoms with E-state index in [0.29, 0.717) is 24.6 Å². The van der Waals surface area contributed by atoms with Gasteiger partial charge in [-0.3, -0.25) is 5.32 Å². The van der Waals surface area contributed by atoms with E-state index in [4.69, 9.17) is 10.8 Å². The molecule has 2 aromatic carbocycles. The SMILES string of the molecule is Cc1ccc(-n2nc(C(C)(C)C)cc2NC(=O)Nc2ccc(N3CCN(C(N)=O)CC3)cc2)cc1. The maximum absolute atomic E-state index is 12.8. The van der Waals surface area contributed by atoms with Gasteiger partial charge >= 0.3 is 12.1 Å². The van der Waals surface area contributed by atoms with Gasteiger partial charge in [0.05, 0.1) is 11.4 Å². The number of nitrogens with two attached hydrogens (primary N) is 1. The topological polar surface area (TPSA) is 109 Å². The lowest BCUT2D eigenvalue weighted by molar-refractivity contribution is 0.204. The maximum atomic E-state index is 12.8. The predicted molar refractivity (Wildman–Crippen MR) is 139 cm³/mol. The molecule has 1 aliphatic rings. The number of hydrogen-bond donors (Lipinski definition) is 3. The van der Waals surface area contributed by atoms with Crippen molar-refractivity contribution >= 4 is 29.3 Å². The predicted octanol–water partition coefficient (Wildman–Crippen LogP) is 4.32. The van der Waals surface area contributed by atoms with Crippen LogP contribution in [0, 0.1) is 6.92 Å². The number of anilines is 3. The Hall–Kier alpha value is -4.01. The minimum absolute atomic E-state index is 0.165. The molecule has 184 valence electrons. The van der Waals surface area contributed by atoms with Crippen LogP contribution < -0.4 is 21.3 Å². The Bertz CT molecular complexity index is 1190. The third-order valence-electron chi connectivity index (χ3n) is 6.08. The number of benzene rings is 2. The molecule has 35 heavy (non-hydrogen) atoms. The zero-order chi connectivity index (χ0) is 25.2. The Balaban J connectivity index is 1.44. The summed E-state index contributed by atoms with van der Waals surface area (Å²) in [7, 11) is 0. The molecule has 0 atom stereocenters. The van der Waals surface area contributed by atoms with E-state index in [0.717, 1.165) is 35.7 Å². The van der Waals surface area contributed by atoms with Crippen LogP contribution in [0.4, 0.5) is 26.8 Å². The first-order chi connectivity index (χ1) is 16.6. The second-order valence-electron chi connectivity index (χ2n) is 9.85. The van der Waals surface area contributed by atoms with Crippen LogP contribution in [-0.2, 0) is 5.41 Å². The standard InChI is InChI=1S/C26H33N7O2/c1-18-5-9-21(10-6-18)33-23(17-22(30-33)26(2,3)4)29-25(35)28-19-7-11-20(12-8-19)31-13-15-32(16-14-31)24(27)34/h5-12,17H,13-16H2,1-4H3,(H2,27,34)(H2,28,29,35). The number of amides is 4. The molecule has 4 amide bonds. The van der Waals surface area contributed by atoms with Gasteiger partial charge in [0.2, 0.25) is 0 Å². The van der Waals surface area contributed by atoms with E-state index < -0.39 is 0 Å². The number of carbonyl (C=O) groups is 2. The van der Waals surface area contributed by atoms with Crippen LogP contribution in [0.2, 0.25) is 0 Å². The van der Waals surface area contributed by atoms with E-state index in [2.05, 4.69) is 36.3 Å². The monoisotopic (exact) mass is 475 g/mol. The highest BCUT2D eigenvalue weighted by Crippen LogP contribution is 2.27. The number of aromatic nitrogens is 2. The Morgan fingerprint density at radius 1 is 0.886 bits per heavy atom. The van der Waals surface area contributed by atoms with Gasteiger partial charge in [0.15, 0.2) is 0 Å². The van der Waals surface area contributed by atoms with Gasteiger partial charge in [0.1, 0.15) is 5.82 Å². The van der Waals surface area contributed by atoms with Crippen molar-refractivity contribution in [1.29, 1.82) is 0 Å². The van der Waals surface area contributed by atoms with Gasteiger partial charge < -0.3 is 20.9 Å². The highest BCUT2D eigenvalue weighted by molar-refractivity contribution is 5.99. The smallest absolute Gasteiger partial charge is 0.324 e. The summed E-state index contributed by atoms with van der Waals surface area (Å²) in [4.78, 5) is 28.0. The van der Waals surface area contributed by atoms with E-state index in [1.807, 2.05) is 61.5 Å². The third kappa shape index (κ3) is 5.74. The number of nitrogens with zero attached hydrogens (tertiary/aromatic N) is 4. The van der Waals surface area contributed by atoms with E-state index >= 15 is 0 Å². The molecule has 0 unspecified atom stereocenters. The van der Waals surface area contributed by atoms with Crippen molar-refractivity contribution in [3.8, 4) is 5.69 Å². The molecule has 2 heterocycles. The number of hydrogen-bond acceptors (Lipinski definition) is 4. The van der Waals surface area contributed by atoms with Gasteiger partial charge in [-0.05, 0) is 43.3 Å². The molecule has 3 aromatic rings. The molecule has 1 aromatic heterocycles. The van der Waals surface area contributed by atoms with E-state index in [9.17, 15) is 9.59 Å². The average Bonchev–Trinajstić information content (AvgIpc) is 3.24. The molecule has 0 spiro atoms. The van der Waals surface area contributed by atoms with Gasteiger partial charge in [-0.15, -0.1) is 0 Å². The fourth-order valence-corrected chi connectivity index (χ4v) is 3.94. The summed E-state index contributed by atoms with van der Waals surface area (Å²) in [6, 6.07) is 16.9. The first kappa shape index (κ1) is 24.1. The molecular formula is C26H33N7O2. The Morgan fingerprint density at radius 2 is 1.49 bits per heavy atom. The van der Waals surface area contributed by atoms with Crippen molar-refractivity contribution in [3.63, 3.8) is 0 Å². The lowest BCUT2D eigenvalue weighted by atomic mass is 9.92. The Morgan fingerprint density at radius 3 is 2.06 bits per heavy atom. The minimum atomic E-state index is -0.381. The molecular weight excluding hydrogens is 442 g/mol. The summed E-state index contributed by atoms with van der Waals surface area (Å²) in [5, 5.41) is 10.6. The first-order valence-corrected chi connectivity index (χ1v) is 11.7. The van der Waals surface area contributed by atoms with Gasteiger partial charge in [0.25, 0.3) is 0 Å². The van der Waals surface area contributed by atoms with Crippen LogP contribution in [0.15, 0.2) is 54.6 Å². The summed E-state index contributed by atoms with van der Waals surface area (Å²) in [6.45, 7) is 10.9. The summed E-state index contributed by atoms with van der Waals surface area (Å²) in [5.41, 5.74) is 9.83. The zero-order valence-corrected chi connectivity index (χ0v) is 20.7. The number of carbonyl (C=O) groups excluding carboxylic acids is 2. The van der Waals surface area contributed by atoms with Crippen molar-refractivity contribution < 1.29 is 9.59 Å². The number of piperazine rings is 1. The largest absolute Gasteiger partial charge is 0.368 e. The molecule has 0 saturated carbocycles. The molecule has 0 aliphatic carbocycles. The third-order valence-corrected chi connectivity index (χ3v) is 6.08. The van der Waals surface area contributed by atoms with Gasteiger partial charge in [-0.25, -0.2) is 14.3 Å². The fourth-order valence-electron chi connectivity index (χ4n) is 3.94. The van der Waals surface area contributed by atoms with E-state index in [1.165, 1.54) is 0 Å². The Labute approximate surface area is 205 Å². The molecule has 0 bridgehead atoms. The van der Waals surface area contributed by atoms with Crippen LogP contribution in [0.5, 0.6) is 0 Å². The van der Waals surface area contributed by atoms with Gasteiger partial charge in [0, 0.05) is 49.0 Å². The van der Waals surface area contributed by atoms with E-state index in [1.54, 1.807) is 9.58 Å². The van der Waals surface area contributed by atoms with Crippen molar-refractivity contribution in [2.75, 3.05) is 41.7 Å². The highest BCUT2D eigenvalue weighted by Gasteiger charge is 2.22. The lowest BCUT2D eigenvalue weighted by Crippen LogP contribution is -2.50. The van der Waals surface area contributed by atoms with Crippen LogP contribution in [0.25, 0.3) is 5.69 Å². The number of rotatable bonds is 4. The van der Waals surface area contributed by atoms with Crippen LogP contribution >= 0.6 is 0 Å². The molecule has 1 fully saturated rings. The van der Waals surface area contributed by atoms with Crippen molar-refractivity contribution in [2.45, 2.75) is 33.1 Å². The van der Waals surface area contributed by atoms with Crippen molar-refractivity contribution in [1.82, 2.24) is 14.7 Å². The van der Waals surface area contributed by atoms with Crippen LogP contribution in [0.1, 0.15) is 32.0 Å². The molecule has 0 radical (unpaired) electrons. The Kier molecular flexibility index (Phi) is 6.68. The lowest BCUT2D eigenvalue weighted by Gasteiger charge is -2.35. The molecule has 9 heteroatoms. The van der Waals surface area contributed by atoms with E-state index in [-0.39, 0.29) is 17.5 Å². The molecule has 4 N–H and O–H groups in total. The highest BCUT2D eigenvalue weighted by atomic mass is 16.2. The van der Waals surface area contributed by atoms with Crippen molar-refractivity contribution in [3.05, 3.63) is 65.9 Å². The second kappa shape index (κ2) is 9.69. The first-order valence-electron chi connectivity index (χ1n) is 11.7. The number of aryl methyl sites for hydroxylation is 1. The van der Waals surface area contributed by atoms with Gasteiger partial charge in [-0.2, -0.15) is 5.10 Å². The normalized spacial score (nSPS) is 14.1. The molecule has 1 saturated heterocycles. The molecule has 1 aliphatic heterocycles. The number of primary amides is 1. The van der Waals surface area contributed by atoms with Crippen LogP contribution in [0.3, 0.4) is 0 Å². The fraction of sp³-hybridized carbons (Fsp3) is 0.346. The number of urea groups is 2. The summed E-state index contributed by atoms with van der Waals surface area (Å²) in [6.07, 6.45) is 0. The molecule has 9 nitrogen and oxygen atoms in total. The summed E-state index contributed by atoms with van der Waals surface area (Å²) < 4.78 is 1.76. The molecule has 4 rings (SSSR count). The average molecular weight is 476 g/mol. The summed E-state index contributed by atoms with van der Waals surface area (Å²) in [5.74, 6) is 0.597. The second-order valence-corrected chi connectivity index (χ2v) is 9.85. The summed E-state index contributed by atoms with van der Waals surface area (Å²) >= 11 is 0. The zero-order valence-electron chi connectivity index (χ0n) is 20.7.